The first-order chi connectivity index (χ1) is 10.8. The van der Waals surface area contributed by atoms with Crippen molar-refractivity contribution in [3.63, 3.8) is 0 Å². The molecule has 3 rings (SSSR count). The third kappa shape index (κ3) is 2.84. The number of nitrogens with zero attached hydrogens (tertiary/aromatic N) is 2. The summed E-state index contributed by atoms with van der Waals surface area (Å²) in [5.41, 5.74) is 0. The molecule has 0 aromatic carbocycles. The maximum absolute atomic E-state index is 11.9. The fraction of sp³-hybridized carbons (Fsp3) is 0.867. The lowest BCUT2D eigenvalue weighted by atomic mass is 9.92. The van der Waals surface area contributed by atoms with E-state index < -0.39 is 23.8 Å². The summed E-state index contributed by atoms with van der Waals surface area (Å²) in [5.74, 6) is -3.41. The van der Waals surface area contributed by atoms with Crippen molar-refractivity contribution in [2.45, 2.75) is 56.9 Å². The molecule has 0 bridgehead atoms. The zero-order valence-electron chi connectivity index (χ0n) is 13.5. The van der Waals surface area contributed by atoms with E-state index in [1.807, 2.05) is 0 Å². The monoisotopic (exact) mass is 328 g/mol. The molecule has 3 aliphatic rings. The van der Waals surface area contributed by atoms with Gasteiger partial charge in [0.25, 0.3) is 0 Å². The van der Waals surface area contributed by atoms with Crippen molar-refractivity contribution >= 4 is 11.8 Å². The molecular weight excluding hydrogens is 304 g/mol. The van der Waals surface area contributed by atoms with E-state index in [9.17, 15) is 19.8 Å². The normalized spacial score (nSPS) is 40.3. The van der Waals surface area contributed by atoms with Gasteiger partial charge in [-0.1, -0.05) is 6.92 Å². The maximum Gasteiger partial charge on any atom is 0.222 e. The molecule has 3 heterocycles. The number of aliphatic hydroxyl groups is 2. The number of hydrogen-bond acceptors (Lipinski definition) is 6. The Balaban J connectivity index is 1.76. The highest BCUT2D eigenvalue weighted by molar-refractivity contribution is 5.76. The Morgan fingerprint density at radius 1 is 1.04 bits per heavy atom. The molecule has 8 nitrogen and oxygen atoms in total. The van der Waals surface area contributed by atoms with Gasteiger partial charge in [-0.25, -0.2) is 0 Å². The fourth-order valence-corrected chi connectivity index (χ4v) is 3.63. The zero-order valence-corrected chi connectivity index (χ0v) is 13.5. The molecule has 0 spiro atoms. The van der Waals surface area contributed by atoms with E-state index in [2.05, 4.69) is 0 Å². The van der Waals surface area contributed by atoms with Crippen LogP contribution in [-0.4, -0.2) is 81.8 Å². The Morgan fingerprint density at radius 2 is 1.52 bits per heavy atom. The second-order valence-electron chi connectivity index (χ2n) is 6.59. The number of piperidine rings is 2. The first kappa shape index (κ1) is 16.6. The number of rotatable bonds is 1. The Morgan fingerprint density at radius 3 is 2.00 bits per heavy atom. The summed E-state index contributed by atoms with van der Waals surface area (Å²) in [5, 5.41) is 21.6. The molecule has 0 saturated carbocycles. The van der Waals surface area contributed by atoms with Gasteiger partial charge in [0.15, 0.2) is 0 Å². The van der Waals surface area contributed by atoms with Crippen LogP contribution in [0.4, 0.5) is 0 Å². The molecule has 0 aromatic rings. The molecule has 23 heavy (non-hydrogen) atoms. The van der Waals surface area contributed by atoms with Gasteiger partial charge in [0, 0.05) is 26.4 Å². The second-order valence-corrected chi connectivity index (χ2v) is 6.59. The molecule has 0 aliphatic carbocycles. The minimum atomic E-state index is -1.61. The summed E-state index contributed by atoms with van der Waals surface area (Å²) in [4.78, 5) is 26.5. The number of hydrogen-bond donors (Lipinski definition) is 2. The highest BCUT2D eigenvalue weighted by Gasteiger charge is 2.59. The molecule has 2 N–H and O–H groups in total. The molecule has 3 fully saturated rings. The van der Waals surface area contributed by atoms with Crippen LogP contribution in [0.3, 0.4) is 0 Å². The van der Waals surface area contributed by atoms with Gasteiger partial charge < -0.3 is 29.5 Å². The number of ether oxygens (including phenoxy) is 2. The first-order valence-electron chi connectivity index (χ1n) is 8.11. The summed E-state index contributed by atoms with van der Waals surface area (Å²) in [6.45, 7) is 4.15. The van der Waals surface area contributed by atoms with Gasteiger partial charge in [0.1, 0.15) is 12.2 Å². The number of β-amino-alcohol motifs (C(OH)–C–C–N with tert-alkyl or cyclic N) is 2. The number of fused-ring (bicyclic) bond motifs is 2. The molecule has 130 valence electrons. The Kier molecular flexibility index (Phi) is 4.12. The summed E-state index contributed by atoms with van der Waals surface area (Å²) >= 11 is 0. The van der Waals surface area contributed by atoms with Gasteiger partial charge in [0.2, 0.25) is 23.4 Å². The van der Waals surface area contributed by atoms with Crippen molar-refractivity contribution in [1.29, 1.82) is 0 Å². The molecule has 2 amide bonds. The Labute approximate surface area is 134 Å². The summed E-state index contributed by atoms with van der Waals surface area (Å²) in [6.07, 6.45) is -0.347. The third-order valence-corrected chi connectivity index (χ3v) is 4.96. The minimum absolute atomic E-state index is 0.0250. The Hall–Kier alpha value is -1.22. The van der Waals surface area contributed by atoms with Gasteiger partial charge in [-0.15, -0.1) is 0 Å². The highest BCUT2D eigenvalue weighted by Crippen LogP contribution is 2.41. The summed E-state index contributed by atoms with van der Waals surface area (Å²) in [7, 11) is 0. The van der Waals surface area contributed by atoms with Gasteiger partial charge in [-0.3, -0.25) is 9.59 Å². The quantitative estimate of drug-likeness (QED) is 0.643. The average Bonchev–Trinajstić information content (AvgIpc) is 2.50. The van der Waals surface area contributed by atoms with Crippen molar-refractivity contribution in [2.75, 3.05) is 26.2 Å². The lowest BCUT2D eigenvalue weighted by molar-refractivity contribution is -0.437. The summed E-state index contributed by atoms with van der Waals surface area (Å²) < 4.78 is 11.6. The molecule has 0 aromatic heterocycles. The van der Waals surface area contributed by atoms with Crippen molar-refractivity contribution in [3.8, 4) is 0 Å². The molecule has 4 atom stereocenters. The topological polar surface area (TPSA) is 99.5 Å². The first-order valence-corrected chi connectivity index (χ1v) is 8.11. The van der Waals surface area contributed by atoms with Crippen LogP contribution in [0.5, 0.6) is 0 Å². The van der Waals surface area contributed by atoms with Crippen LogP contribution in [0.25, 0.3) is 0 Å². The fourth-order valence-electron chi connectivity index (χ4n) is 3.63. The van der Waals surface area contributed by atoms with Crippen molar-refractivity contribution in [3.05, 3.63) is 0 Å². The lowest BCUT2D eigenvalue weighted by Gasteiger charge is -2.56. The van der Waals surface area contributed by atoms with Crippen LogP contribution >= 0.6 is 0 Å². The van der Waals surface area contributed by atoms with Crippen LogP contribution in [0.1, 0.15) is 33.1 Å². The van der Waals surface area contributed by atoms with Crippen LogP contribution < -0.4 is 0 Å². The zero-order chi connectivity index (χ0) is 16.8. The van der Waals surface area contributed by atoms with E-state index in [0.29, 0.717) is 32.4 Å². The van der Waals surface area contributed by atoms with Gasteiger partial charge in [-0.2, -0.15) is 0 Å². The molecule has 8 heteroatoms. The minimum Gasteiger partial charge on any atom is -0.362 e. The number of likely N-dealkylation sites (tertiary alicyclic amines) is 2. The van der Waals surface area contributed by atoms with E-state index in [1.165, 1.54) is 11.8 Å². The van der Waals surface area contributed by atoms with E-state index in [4.69, 9.17) is 9.47 Å². The number of carbonyl (C=O) groups is 2. The van der Waals surface area contributed by atoms with E-state index >= 15 is 0 Å². The molecular formula is C15H24N2O6. The van der Waals surface area contributed by atoms with Crippen LogP contribution in [0.15, 0.2) is 0 Å². The van der Waals surface area contributed by atoms with E-state index in [0.717, 1.165) is 0 Å². The highest BCUT2D eigenvalue weighted by atomic mass is 16.7. The van der Waals surface area contributed by atoms with Crippen molar-refractivity contribution in [2.24, 2.45) is 0 Å². The van der Waals surface area contributed by atoms with Crippen LogP contribution in [-0.2, 0) is 19.1 Å². The van der Waals surface area contributed by atoms with Crippen LogP contribution in [0.2, 0.25) is 0 Å². The van der Waals surface area contributed by atoms with Gasteiger partial charge in [-0.05, 0) is 12.8 Å². The van der Waals surface area contributed by atoms with Gasteiger partial charge >= 0.3 is 0 Å². The molecule has 3 saturated heterocycles. The smallest absolute Gasteiger partial charge is 0.222 e. The SMILES string of the molecule is CCC(=O)N1CCC2OC3(O)CN(C(C)=O)CCC3OC2(O)C1. The largest absolute Gasteiger partial charge is 0.362 e. The lowest BCUT2D eigenvalue weighted by Crippen LogP contribution is -2.73. The number of amides is 2. The predicted molar refractivity (Wildman–Crippen MR) is 78.0 cm³/mol. The average molecular weight is 328 g/mol. The Bertz CT molecular complexity index is 514. The maximum atomic E-state index is 11.9. The van der Waals surface area contributed by atoms with Crippen molar-refractivity contribution < 1.29 is 29.3 Å². The summed E-state index contributed by atoms with van der Waals surface area (Å²) in [6, 6.07) is 0. The molecule has 0 radical (unpaired) electrons. The molecule has 4 unspecified atom stereocenters. The molecule has 3 aliphatic heterocycles. The van der Waals surface area contributed by atoms with Crippen molar-refractivity contribution in [1.82, 2.24) is 9.80 Å². The van der Waals surface area contributed by atoms with Crippen LogP contribution in [0, 0.1) is 0 Å². The number of carbonyl (C=O) groups excluding carboxylic acids is 2. The van der Waals surface area contributed by atoms with E-state index in [1.54, 1.807) is 11.8 Å². The standard InChI is InChI=1S/C15H24N2O6/c1-3-13(19)17-7-5-12-15(21,9-17)23-11-4-6-16(10(2)18)8-14(11,20)22-12/h11-12,20-21H,3-9H2,1-2H3. The third-order valence-electron chi connectivity index (χ3n) is 4.96. The van der Waals surface area contributed by atoms with E-state index in [-0.39, 0.29) is 24.9 Å². The van der Waals surface area contributed by atoms with Gasteiger partial charge in [0.05, 0.1) is 13.1 Å². The second kappa shape index (κ2) is 5.70. The predicted octanol–water partition coefficient (Wildman–Crippen LogP) is -0.958.